The Labute approximate surface area is 201 Å². The first-order chi connectivity index (χ1) is 15.6. The maximum Gasteiger partial charge on any atom is 0.302 e. The molecule has 0 bridgehead atoms. The molecule has 0 heterocycles. The summed E-state index contributed by atoms with van der Waals surface area (Å²) in [4.78, 5) is 23.3. The highest BCUT2D eigenvalue weighted by atomic mass is 16.5. The zero-order valence-corrected chi connectivity index (χ0v) is 21.8. The maximum atomic E-state index is 11.8. The van der Waals surface area contributed by atoms with E-state index in [0.717, 1.165) is 49.9 Å². The Bertz CT molecular complexity index is 786. The van der Waals surface area contributed by atoms with Crippen molar-refractivity contribution in [3.8, 4) is 0 Å². The molecule has 3 saturated carbocycles. The zero-order valence-electron chi connectivity index (χ0n) is 21.8. The smallest absolute Gasteiger partial charge is 0.302 e. The molecule has 9 atom stereocenters. The van der Waals surface area contributed by atoms with Crippen LogP contribution < -0.4 is 0 Å². The van der Waals surface area contributed by atoms with Crippen molar-refractivity contribution in [1.82, 2.24) is 0 Å². The van der Waals surface area contributed by atoms with E-state index in [1.165, 1.54) is 39.0 Å². The van der Waals surface area contributed by atoms with E-state index in [-0.39, 0.29) is 29.6 Å². The maximum absolute atomic E-state index is 11.8. The highest BCUT2D eigenvalue weighted by Crippen LogP contribution is 2.67. The minimum Gasteiger partial charge on any atom is -0.462 e. The van der Waals surface area contributed by atoms with Crippen molar-refractivity contribution in [2.45, 2.75) is 118 Å². The number of rotatable bonds is 6. The van der Waals surface area contributed by atoms with Gasteiger partial charge < -0.3 is 9.47 Å². The minimum absolute atomic E-state index is 0.0534. The van der Waals surface area contributed by atoms with Crippen molar-refractivity contribution in [2.75, 3.05) is 0 Å². The summed E-state index contributed by atoms with van der Waals surface area (Å²) in [7, 11) is 0. The molecule has 4 heteroatoms. The Morgan fingerprint density at radius 2 is 1.82 bits per heavy atom. The third kappa shape index (κ3) is 4.41. The van der Waals surface area contributed by atoms with E-state index >= 15 is 0 Å². The first-order valence-electron chi connectivity index (χ1n) is 13.6. The van der Waals surface area contributed by atoms with Crippen LogP contribution in [0, 0.1) is 40.4 Å². The fraction of sp³-hybridized carbons (Fsp3) is 0.862. The van der Waals surface area contributed by atoms with E-state index in [0.29, 0.717) is 17.3 Å². The van der Waals surface area contributed by atoms with Crippen LogP contribution in [-0.2, 0) is 19.1 Å². The lowest BCUT2D eigenvalue weighted by Gasteiger charge is -2.58. The van der Waals surface area contributed by atoms with Gasteiger partial charge in [-0.05, 0) is 91.8 Å². The summed E-state index contributed by atoms with van der Waals surface area (Å²) in [6.45, 7) is 12.7. The highest BCUT2D eigenvalue weighted by molar-refractivity contribution is 5.66. The molecule has 4 aliphatic rings. The first kappa shape index (κ1) is 24.8. The first-order valence-corrected chi connectivity index (χ1v) is 13.6. The second kappa shape index (κ2) is 9.38. The van der Waals surface area contributed by atoms with Gasteiger partial charge >= 0.3 is 11.9 Å². The number of fused-ring (bicyclic) bond motifs is 5. The van der Waals surface area contributed by atoms with Crippen LogP contribution in [0.5, 0.6) is 0 Å². The van der Waals surface area contributed by atoms with Gasteiger partial charge in [0.15, 0.2) is 0 Å². The van der Waals surface area contributed by atoms with E-state index in [2.05, 4.69) is 33.8 Å². The molecule has 4 nitrogen and oxygen atoms in total. The zero-order chi connectivity index (χ0) is 24.0. The van der Waals surface area contributed by atoms with Crippen molar-refractivity contribution < 1.29 is 19.1 Å². The average molecular weight is 459 g/mol. The number of carbonyl (C=O) groups is 2. The van der Waals surface area contributed by atoms with Crippen LogP contribution in [-0.4, -0.2) is 24.1 Å². The van der Waals surface area contributed by atoms with Crippen molar-refractivity contribution >= 4 is 11.9 Å². The van der Waals surface area contributed by atoms with Crippen LogP contribution in [0.25, 0.3) is 0 Å². The second-order valence-corrected chi connectivity index (χ2v) is 12.3. The van der Waals surface area contributed by atoms with Gasteiger partial charge in [-0.15, -0.1) is 0 Å². The van der Waals surface area contributed by atoms with Gasteiger partial charge in [-0.25, -0.2) is 0 Å². The third-order valence-corrected chi connectivity index (χ3v) is 10.6. The van der Waals surface area contributed by atoms with E-state index in [1.54, 1.807) is 12.5 Å². The van der Waals surface area contributed by atoms with Gasteiger partial charge in [0.05, 0.1) is 0 Å². The van der Waals surface area contributed by atoms with Gasteiger partial charge in [0.1, 0.15) is 12.2 Å². The Hall–Kier alpha value is -1.32. The normalized spacial score (nSPS) is 41.6. The molecule has 0 aromatic carbocycles. The molecule has 3 fully saturated rings. The molecule has 0 spiro atoms. The third-order valence-electron chi connectivity index (χ3n) is 10.6. The van der Waals surface area contributed by atoms with Crippen LogP contribution >= 0.6 is 0 Å². The van der Waals surface area contributed by atoms with Crippen molar-refractivity contribution in [3.05, 3.63) is 11.6 Å². The molecule has 0 radical (unpaired) electrons. The number of carbonyl (C=O) groups excluding carboxylic acids is 2. The molecule has 0 N–H and O–H groups in total. The number of esters is 2. The van der Waals surface area contributed by atoms with E-state index in [1.807, 2.05) is 0 Å². The average Bonchev–Trinajstić information content (AvgIpc) is 3.09. The lowest BCUT2D eigenvalue weighted by Crippen LogP contribution is -2.51. The van der Waals surface area contributed by atoms with Crippen molar-refractivity contribution in [3.63, 3.8) is 0 Å². The molecular formula is C29H46O4. The topological polar surface area (TPSA) is 52.6 Å². The summed E-state index contributed by atoms with van der Waals surface area (Å²) >= 11 is 0. The summed E-state index contributed by atoms with van der Waals surface area (Å²) in [5, 5.41) is 0. The lowest BCUT2D eigenvalue weighted by atomic mass is 9.47. The molecule has 0 amide bonds. The van der Waals surface area contributed by atoms with Gasteiger partial charge in [-0.2, -0.15) is 0 Å². The number of hydrogen-bond acceptors (Lipinski definition) is 4. The predicted octanol–water partition coefficient (Wildman–Crippen LogP) is 6.87. The molecule has 4 rings (SSSR count). The summed E-state index contributed by atoms with van der Waals surface area (Å²) in [5.74, 6) is 3.06. The van der Waals surface area contributed by atoms with E-state index in [4.69, 9.17) is 9.47 Å². The van der Waals surface area contributed by atoms with Crippen LogP contribution in [0.1, 0.15) is 106 Å². The summed E-state index contributed by atoms with van der Waals surface area (Å²) < 4.78 is 11.4. The van der Waals surface area contributed by atoms with Gasteiger partial charge in [0.25, 0.3) is 0 Å². The predicted molar refractivity (Wildman–Crippen MR) is 130 cm³/mol. The van der Waals surface area contributed by atoms with Gasteiger partial charge in [0.2, 0.25) is 0 Å². The highest BCUT2D eigenvalue weighted by Gasteiger charge is 2.59. The Morgan fingerprint density at radius 1 is 1.06 bits per heavy atom. The van der Waals surface area contributed by atoms with Gasteiger partial charge in [-0.1, -0.05) is 45.8 Å². The molecule has 0 aliphatic heterocycles. The molecule has 0 saturated heterocycles. The second-order valence-electron chi connectivity index (χ2n) is 12.3. The van der Waals surface area contributed by atoms with Crippen LogP contribution in [0.4, 0.5) is 0 Å². The lowest BCUT2D eigenvalue weighted by molar-refractivity contribution is -0.152. The number of allylic oxidation sites excluding steroid dienone is 1. The molecule has 0 aromatic rings. The fourth-order valence-corrected chi connectivity index (χ4v) is 9.05. The van der Waals surface area contributed by atoms with Crippen LogP contribution in [0.2, 0.25) is 0 Å². The molecule has 186 valence electrons. The number of hydrogen-bond donors (Lipinski definition) is 0. The van der Waals surface area contributed by atoms with Crippen molar-refractivity contribution in [1.29, 1.82) is 0 Å². The summed E-state index contributed by atoms with van der Waals surface area (Å²) in [6, 6.07) is 0. The molecular weight excluding hydrogens is 412 g/mol. The monoisotopic (exact) mass is 458 g/mol. The largest absolute Gasteiger partial charge is 0.462 e. The Morgan fingerprint density at radius 3 is 2.48 bits per heavy atom. The Kier molecular flexibility index (Phi) is 7.05. The molecule has 0 aromatic heterocycles. The van der Waals surface area contributed by atoms with E-state index < -0.39 is 0 Å². The molecule has 33 heavy (non-hydrogen) atoms. The van der Waals surface area contributed by atoms with Crippen LogP contribution in [0.3, 0.4) is 0 Å². The van der Waals surface area contributed by atoms with Crippen molar-refractivity contribution in [2.24, 2.45) is 40.4 Å². The van der Waals surface area contributed by atoms with Crippen LogP contribution in [0.15, 0.2) is 11.6 Å². The minimum atomic E-state index is -0.146. The Balaban J connectivity index is 1.53. The quantitative estimate of drug-likeness (QED) is 0.322. The summed E-state index contributed by atoms with van der Waals surface area (Å²) in [6.07, 6.45) is 14.1. The number of ether oxygens (including phenoxy) is 2. The standard InChI is InChI=1S/C29H46O4/c1-7-8-27(33-20(4)31)18(2)24-11-12-25-23-10-9-21-17-22(32-19(3)30)13-15-28(21,5)26(23)14-16-29(24,25)6/h9,18,22-27H,7-8,10-17H2,1-6H3/t18-,22-,23-,24+,25-,26-,27+,28-,29+/m0/s1. The molecule has 4 aliphatic carbocycles. The van der Waals surface area contributed by atoms with Gasteiger partial charge in [0, 0.05) is 20.3 Å². The van der Waals surface area contributed by atoms with E-state index in [9.17, 15) is 9.59 Å². The SMILES string of the molecule is CCC[C@@H](OC(C)=O)[C@@H](C)[C@H]1CC[C@H]2[C@@H]3CC=C4C[C@@H](OC(C)=O)CC[C@]4(C)[C@H]3CC[C@]12C. The summed E-state index contributed by atoms with van der Waals surface area (Å²) in [5.41, 5.74) is 2.18. The fourth-order valence-electron chi connectivity index (χ4n) is 9.05. The molecule has 0 unspecified atom stereocenters. The van der Waals surface area contributed by atoms with Gasteiger partial charge in [-0.3, -0.25) is 9.59 Å².